The van der Waals surface area contributed by atoms with Crippen molar-refractivity contribution in [2.75, 3.05) is 26.2 Å². The van der Waals surface area contributed by atoms with Crippen LogP contribution in [0.1, 0.15) is 12.0 Å². The van der Waals surface area contributed by atoms with Gasteiger partial charge >= 0.3 is 5.97 Å². The molecule has 1 amide bonds. The molecule has 0 saturated carbocycles. The number of benzene rings is 1. The summed E-state index contributed by atoms with van der Waals surface area (Å²) in [6.07, 6.45) is 1.13. The van der Waals surface area contributed by atoms with E-state index in [0.717, 1.165) is 10.5 Å². The van der Waals surface area contributed by atoms with Crippen LogP contribution in [-0.4, -0.2) is 64.0 Å². The number of nitrogens with zero attached hydrogens (tertiary/aromatic N) is 2. The number of aliphatic hydroxyl groups excluding tert-OH is 1. The summed E-state index contributed by atoms with van der Waals surface area (Å²) < 4.78 is 0.712. The number of carbonyl (C=O) groups is 2. The molecule has 0 radical (unpaired) electrons. The van der Waals surface area contributed by atoms with Crippen LogP contribution in [0.5, 0.6) is 0 Å². The second-order valence-corrected chi connectivity index (χ2v) is 6.98. The summed E-state index contributed by atoms with van der Waals surface area (Å²) in [5.74, 6) is -2.65. The zero-order valence-corrected chi connectivity index (χ0v) is 15.9. The minimum Gasteiger partial charge on any atom is -0.503 e. The van der Waals surface area contributed by atoms with E-state index in [2.05, 4.69) is 0 Å². The Morgan fingerprint density at radius 1 is 1.30 bits per heavy atom. The lowest BCUT2D eigenvalue weighted by atomic mass is 10.1. The van der Waals surface area contributed by atoms with Gasteiger partial charge in [0.15, 0.2) is 12.3 Å². The highest BCUT2D eigenvalue weighted by Gasteiger charge is 2.42. The van der Waals surface area contributed by atoms with Crippen LogP contribution in [0.15, 0.2) is 29.5 Å². The van der Waals surface area contributed by atoms with Gasteiger partial charge in [0.2, 0.25) is 6.54 Å². The molecule has 0 spiro atoms. The highest BCUT2D eigenvalue weighted by Crippen LogP contribution is 2.25. The van der Waals surface area contributed by atoms with Crippen molar-refractivity contribution in [3.63, 3.8) is 0 Å². The molecule has 27 heavy (non-hydrogen) atoms. The predicted molar refractivity (Wildman–Crippen MR) is 100.0 cm³/mol. The first kappa shape index (κ1) is 21.1. The van der Waals surface area contributed by atoms with Gasteiger partial charge in [-0.25, -0.2) is 0 Å². The van der Waals surface area contributed by atoms with Gasteiger partial charge in [0, 0.05) is 22.6 Å². The van der Waals surface area contributed by atoms with Crippen LogP contribution in [0, 0.1) is 4.91 Å². The van der Waals surface area contributed by atoms with Gasteiger partial charge in [-0.1, -0.05) is 29.3 Å². The van der Waals surface area contributed by atoms with E-state index >= 15 is 0 Å². The van der Waals surface area contributed by atoms with Crippen molar-refractivity contribution >= 4 is 35.1 Å². The molecule has 1 unspecified atom stereocenters. The molecule has 0 saturated heterocycles. The largest absolute Gasteiger partial charge is 0.503 e. The molecule has 8 nitrogen and oxygen atoms in total. The molecule has 146 valence electrons. The van der Waals surface area contributed by atoms with E-state index in [9.17, 15) is 19.6 Å². The molecular weight excluding hydrogens is 397 g/mol. The SMILES string of the molecule is NCC1C(C[N+](=O)CCCc2ccc(Cl)c(Cl)c2)=C(O)C(=O)N1CC(=O)O. The van der Waals surface area contributed by atoms with E-state index in [1.807, 2.05) is 6.07 Å². The summed E-state index contributed by atoms with van der Waals surface area (Å²) in [6.45, 7) is -0.752. The predicted octanol–water partition coefficient (Wildman–Crippen LogP) is 1.77. The number of halogens is 2. The molecule has 0 aliphatic carbocycles. The monoisotopic (exact) mass is 416 g/mol. The number of carbonyl (C=O) groups excluding carboxylic acids is 1. The normalized spacial score (nSPS) is 16.9. The van der Waals surface area contributed by atoms with E-state index in [-0.39, 0.29) is 25.2 Å². The van der Waals surface area contributed by atoms with Gasteiger partial charge in [0.25, 0.3) is 5.91 Å². The number of hydrogen-bond acceptors (Lipinski definition) is 5. The van der Waals surface area contributed by atoms with E-state index in [1.54, 1.807) is 12.1 Å². The number of amides is 1. The average Bonchev–Trinajstić information content (AvgIpc) is 2.82. The minimum atomic E-state index is -1.23. The number of carboxylic acids is 1. The van der Waals surface area contributed by atoms with E-state index < -0.39 is 30.2 Å². The maximum atomic E-state index is 12.2. The van der Waals surface area contributed by atoms with Gasteiger partial charge in [-0.3, -0.25) is 9.59 Å². The topological polar surface area (TPSA) is 124 Å². The number of nitrogens with two attached hydrogens (primary N) is 1. The summed E-state index contributed by atoms with van der Waals surface area (Å²) in [6, 6.07) is 4.43. The smallest absolute Gasteiger partial charge is 0.323 e. The highest BCUT2D eigenvalue weighted by molar-refractivity contribution is 6.42. The maximum Gasteiger partial charge on any atom is 0.323 e. The molecule has 1 aliphatic rings. The molecule has 1 aromatic carbocycles. The summed E-state index contributed by atoms with van der Waals surface area (Å²) >= 11 is 11.8. The van der Waals surface area contributed by atoms with Crippen molar-refractivity contribution in [1.82, 2.24) is 4.90 Å². The number of aliphatic carboxylic acids is 1. The Labute approximate surface area is 165 Å². The Bertz CT molecular complexity index is 797. The Kier molecular flexibility index (Phi) is 7.18. The lowest BCUT2D eigenvalue weighted by Gasteiger charge is -2.22. The molecule has 0 bridgehead atoms. The van der Waals surface area contributed by atoms with E-state index in [4.69, 9.17) is 34.0 Å². The van der Waals surface area contributed by atoms with Gasteiger partial charge in [-0.05, 0) is 24.1 Å². The number of nitroso groups, excluding NO2 is 1. The van der Waals surface area contributed by atoms with Gasteiger partial charge in [-0.2, -0.15) is 0 Å². The van der Waals surface area contributed by atoms with Gasteiger partial charge < -0.3 is 20.8 Å². The van der Waals surface area contributed by atoms with Crippen molar-refractivity contribution in [2.45, 2.75) is 18.9 Å². The number of rotatable bonds is 9. The minimum absolute atomic E-state index is 0.0878. The lowest BCUT2D eigenvalue weighted by molar-refractivity contribution is -0.542. The Morgan fingerprint density at radius 3 is 2.59 bits per heavy atom. The van der Waals surface area contributed by atoms with Crippen molar-refractivity contribution in [2.24, 2.45) is 5.73 Å². The van der Waals surface area contributed by atoms with Crippen LogP contribution in [0.25, 0.3) is 0 Å². The number of aliphatic hydroxyl groups is 1. The number of hydrogen-bond donors (Lipinski definition) is 3. The van der Waals surface area contributed by atoms with Crippen LogP contribution in [0.3, 0.4) is 0 Å². The Hall–Kier alpha value is -2.16. The summed E-state index contributed by atoms with van der Waals surface area (Å²) in [5, 5.41) is 19.8. The molecule has 10 heteroatoms. The fourth-order valence-corrected chi connectivity index (χ4v) is 3.28. The summed E-state index contributed by atoms with van der Waals surface area (Å²) in [4.78, 5) is 36.1. The van der Waals surface area contributed by atoms with Gasteiger partial charge in [0.05, 0.1) is 21.7 Å². The van der Waals surface area contributed by atoms with Gasteiger partial charge in [-0.15, -0.1) is 0 Å². The third-order valence-electron chi connectivity index (χ3n) is 4.28. The molecule has 1 atom stereocenters. The fourth-order valence-electron chi connectivity index (χ4n) is 2.96. The Morgan fingerprint density at radius 2 is 2.00 bits per heavy atom. The van der Waals surface area contributed by atoms with E-state index in [0.29, 0.717) is 27.6 Å². The molecule has 2 rings (SSSR count). The third-order valence-corrected chi connectivity index (χ3v) is 5.02. The van der Waals surface area contributed by atoms with Crippen LogP contribution in [0.4, 0.5) is 0 Å². The average molecular weight is 417 g/mol. The zero-order valence-electron chi connectivity index (χ0n) is 14.4. The molecule has 1 aliphatic heterocycles. The van der Waals surface area contributed by atoms with Crippen molar-refractivity contribution < 1.29 is 24.6 Å². The first-order chi connectivity index (χ1) is 12.7. The molecular formula is C17H20Cl2N3O5+. The number of aryl methyl sites for hydroxylation is 1. The first-order valence-electron chi connectivity index (χ1n) is 8.25. The standard InChI is InChI=1S/C17H19Cl2N3O5/c18-12-4-3-10(6-13(12)19)2-1-5-21(27)8-11-14(7-20)22(9-15(23)24)17(26)16(11)25/h3-4,6,14H,1-2,5,7-9,20H2,(H-,23,24,25)/p+1. The zero-order chi connectivity index (χ0) is 20.1. The second-order valence-electron chi connectivity index (χ2n) is 6.17. The van der Waals surface area contributed by atoms with Crippen LogP contribution in [0.2, 0.25) is 10.0 Å². The highest BCUT2D eigenvalue weighted by atomic mass is 35.5. The van der Waals surface area contributed by atoms with Crippen molar-refractivity contribution in [3.8, 4) is 0 Å². The quantitative estimate of drug-likeness (QED) is 0.526. The number of carboxylic acid groups (broad SMARTS) is 1. The maximum absolute atomic E-state index is 12.2. The summed E-state index contributed by atoms with van der Waals surface area (Å²) in [7, 11) is 0. The first-order valence-corrected chi connectivity index (χ1v) is 9.01. The lowest BCUT2D eigenvalue weighted by Crippen LogP contribution is -2.44. The molecule has 1 heterocycles. The molecule has 4 N–H and O–H groups in total. The van der Waals surface area contributed by atoms with Crippen LogP contribution in [-0.2, 0) is 16.0 Å². The fraction of sp³-hybridized carbons (Fsp3) is 0.412. The van der Waals surface area contributed by atoms with Crippen LogP contribution < -0.4 is 5.73 Å². The Balaban J connectivity index is 1.94. The third kappa shape index (κ3) is 5.18. The second kappa shape index (κ2) is 9.16. The van der Waals surface area contributed by atoms with E-state index in [1.165, 1.54) is 0 Å². The molecule has 1 aromatic rings. The summed E-state index contributed by atoms with van der Waals surface area (Å²) in [5.41, 5.74) is 6.70. The van der Waals surface area contributed by atoms with Crippen molar-refractivity contribution in [3.05, 3.63) is 50.0 Å². The van der Waals surface area contributed by atoms with Gasteiger partial charge in [0.1, 0.15) is 6.54 Å². The molecule has 0 aromatic heterocycles. The van der Waals surface area contributed by atoms with Crippen molar-refractivity contribution in [1.29, 1.82) is 0 Å². The van der Waals surface area contributed by atoms with Crippen LogP contribution >= 0.6 is 23.2 Å². The molecule has 0 fully saturated rings.